The van der Waals surface area contributed by atoms with Crippen LogP contribution in [0.3, 0.4) is 0 Å². The van der Waals surface area contributed by atoms with Gasteiger partial charge in [0, 0.05) is 39.1 Å². The Labute approximate surface area is 193 Å². The number of aryl methyl sites for hydroxylation is 1. The molecular weight excluding hydrogens is 420 g/mol. The average molecular weight is 449 g/mol. The highest BCUT2D eigenvalue weighted by Gasteiger charge is 2.52. The fraction of sp³-hybridized carbons (Fsp3) is 0.440. The van der Waals surface area contributed by atoms with Crippen molar-refractivity contribution in [3.05, 3.63) is 59.2 Å². The molecule has 2 aromatic rings. The number of carbonyl (C=O) groups is 2. The van der Waals surface area contributed by atoms with Gasteiger partial charge in [0.05, 0.1) is 6.67 Å². The Morgan fingerprint density at radius 3 is 2.52 bits per heavy atom. The monoisotopic (exact) mass is 448 g/mol. The number of benzene rings is 2. The van der Waals surface area contributed by atoms with Crippen LogP contribution in [0.25, 0.3) is 0 Å². The number of nitrogens with zero attached hydrogens (tertiary/aromatic N) is 3. The molecule has 1 aliphatic carbocycles. The number of urea groups is 1. The number of piperazine rings is 1. The van der Waals surface area contributed by atoms with Crippen LogP contribution in [0.2, 0.25) is 0 Å². The molecule has 3 heterocycles. The number of hydrogen-bond acceptors (Lipinski definition) is 6. The van der Waals surface area contributed by atoms with E-state index in [1.54, 1.807) is 0 Å². The lowest BCUT2D eigenvalue weighted by Crippen LogP contribution is -2.53. The number of carbonyl (C=O) groups excluding carboxylic acids is 2. The third-order valence-electron chi connectivity index (χ3n) is 7.33. The molecule has 6 rings (SSSR count). The lowest BCUT2D eigenvalue weighted by Gasteiger charge is -2.36. The van der Waals surface area contributed by atoms with Gasteiger partial charge >= 0.3 is 6.03 Å². The van der Waals surface area contributed by atoms with Gasteiger partial charge in [0.1, 0.15) is 5.54 Å². The molecule has 1 N–H and O–H groups in total. The predicted octanol–water partition coefficient (Wildman–Crippen LogP) is 1.97. The van der Waals surface area contributed by atoms with Crippen LogP contribution in [-0.2, 0) is 24.2 Å². The number of ether oxygens (including phenoxy) is 2. The van der Waals surface area contributed by atoms with E-state index in [1.165, 1.54) is 16.0 Å². The van der Waals surface area contributed by atoms with E-state index in [0.717, 1.165) is 56.2 Å². The van der Waals surface area contributed by atoms with Crippen LogP contribution >= 0.6 is 0 Å². The minimum absolute atomic E-state index is 0.0789. The van der Waals surface area contributed by atoms with Crippen molar-refractivity contribution in [3.63, 3.8) is 0 Å². The molecule has 3 aliphatic heterocycles. The molecule has 1 atom stereocenters. The van der Waals surface area contributed by atoms with Crippen molar-refractivity contribution in [2.45, 2.75) is 31.3 Å². The van der Waals surface area contributed by atoms with Crippen molar-refractivity contribution < 1.29 is 19.1 Å². The first-order valence-electron chi connectivity index (χ1n) is 11.6. The van der Waals surface area contributed by atoms with Gasteiger partial charge in [-0.25, -0.2) is 9.69 Å². The average Bonchev–Trinajstić information content (AvgIpc) is 3.38. The summed E-state index contributed by atoms with van der Waals surface area (Å²) in [6.45, 7) is 4.89. The van der Waals surface area contributed by atoms with Crippen molar-refractivity contribution in [3.8, 4) is 11.5 Å². The molecule has 2 fully saturated rings. The SMILES string of the molecule is O=C1N[C@]2(CCc3ccccc3C2)C(=O)N1CN1CCN(Cc2ccc3c(c2)OCO3)CC1. The second-order valence-electron chi connectivity index (χ2n) is 9.41. The maximum absolute atomic E-state index is 13.4. The molecule has 3 amide bonds. The minimum atomic E-state index is -0.785. The van der Waals surface area contributed by atoms with Crippen molar-refractivity contribution in [2.75, 3.05) is 39.6 Å². The van der Waals surface area contributed by atoms with Gasteiger partial charge in [-0.2, -0.15) is 0 Å². The zero-order valence-electron chi connectivity index (χ0n) is 18.6. The summed E-state index contributed by atoms with van der Waals surface area (Å²) in [5.74, 6) is 1.53. The number of fused-ring (bicyclic) bond motifs is 2. The summed E-state index contributed by atoms with van der Waals surface area (Å²) in [5.41, 5.74) is 2.85. The second kappa shape index (κ2) is 8.04. The van der Waals surface area contributed by atoms with E-state index in [4.69, 9.17) is 9.47 Å². The summed E-state index contributed by atoms with van der Waals surface area (Å²) in [4.78, 5) is 32.1. The quantitative estimate of drug-likeness (QED) is 0.721. The molecule has 2 saturated heterocycles. The van der Waals surface area contributed by atoms with Gasteiger partial charge in [-0.3, -0.25) is 14.6 Å². The first-order valence-corrected chi connectivity index (χ1v) is 11.6. The molecule has 33 heavy (non-hydrogen) atoms. The number of amides is 3. The molecule has 172 valence electrons. The van der Waals surface area contributed by atoms with Crippen molar-refractivity contribution in [1.82, 2.24) is 20.0 Å². The third kappa shape index (κ3) is 3.73. The summed E-state index contributed by atoms with van der Waals surface area (Å²) in [6.07, 6.45) is 2.05. The Hall–Kier alpha value is -3.10. The van der Waals surface area contributed by atoms with Gasteiger partial charge in [0.25, 0.3) is 5.91 Å². The fourth-order valence-electron chi connectivity index (χ4n) is 5.42. The van der Waals surface area contributed by atoms with E-state index >= 15 is 0 Å². The first-order chi connectivity index (χ1) is 16.1. The zero-order chi connectivity index (χ0) is 22.4. The highest BCUT2D eigenvalue weighted by atomic mass is 16.7. The van der Waals surface area contributed by atoms with Gasteiger partial charge in [0.15, 0.2) is 11.5 Å². The summed E-state index contributed by atoms with van der Waals surface area (Å²) in [5, 5.41) is 3.04. The van der Waals surface area contributed by atoms with Crippen molar-refractivity contribution >= 4 is 11.9 Å². The van der Waals surface area contributed by atoms with Gasteiger partial charge in [0.2, 0.25) is 6.79 Å². The number of nitrogens with one attached hydrogen (secondary N) is 1. The molecule has 8 nitrogen and oxygen atoms in total. The summed E-state index contributed by atoms with van der Waals surface area (Å²) < 4.78 is 10.9. The predicted molar refractivity (Wildman–Crippen MR) is 121 cm³/mol. The van der Waals surface area contributed by atoms with Crippen LogP contribution in [-0.4, -0.2) is 71.8 Å². The minimum Gasteiger partial charge on any atom is -0.454 e. The molecule has 2 aromatic carbocycles. The van der Waals surface area contributed by atoms with Crippen molar-refractivity contribution in [1.29, 1.82) is 0 Å². The number of rotatable bonds is 4. The molecule has 0 unspecified atom stereocenters. The van der Waals surface area contributed by atoms with Gasteiger partial charge in [-0.05, 0) is 41.7 Å². The Morgan fingerprint density at radius 2 is 1.67 bits per heavy atom. The maximum Gasteiger partial charge on any atom is 0.326 e. The summed E-state index contributed by atoms with van der Waals surface area (Å²) >= 11 is 0. The molecule has 0 saturated carbocycles. The van der Waals surface area contributed by atoms with Crippen LogP contribution in [0.15, 0.2) is 42.5 Å². The Morgan fingerprint density at radius 1 is 0.909 bits per heavy atom. The second-order valence-corrected chi connectivity index (χ2v) is 9.41. The Balaban J connectivity index is 1.05. The van der Waals surface area contributed by atoms with E-state index in [2.05, 4.69) is 33.3 Å². The first kappa shape index (κ1) is 20.5. The van der Waals surface area contributed by atoms with Crippen molar-refractivity contribution in [2.24, 2.45) is 0 Å². The van der Waals surface area contributed by atoms with E-state index in [9.17, 15) is 9.59 Å². The Bertz CT molecular complexity index is 1100. The lowest BCUT2D eigenvalue weighted by molar-refractivity contribution is -0.133. The third-order valence-corrected chi connectivity index (χ3v) is 7.33. The fourth-order valence-corrected chi connectivity index (χ4v) is 5.42. The van der Waals surface area contributed by atoms with Gasteiger partial charge in [-0.1, -0.05) is 30.3 Å². The molecule has 0 aromatic heterocycles. The standard InChI is InChI=1S/C25H28N4O4/c30-23-25(8-7-19-3-1-2-4-20(19)14-25)26-24(31)29(23)16-28-11-9-27(10-12-28)15-18-5-6-21-22(13-18)33-17-32-21/h1-6,13H,7-12,14-17H2,(H,26,31)/t25-/m0/s1. The molecule has 1 spiro atoms. The molecule has 4 aliphatic rings. The summed E-state index contributed by atoms with van der Waals surface area (Å²) in [6, 6.07) is 14.0. The van der Waals surface area contributed by atoms with Crippen LogP contribution in [0.1, 0.15) is 23.1 Å². The van der Waals surface area contributed by atoms with Crippen LogP contribution in [0.4, 0.5) is 4.79 Å². The number of imide groups is 1. The summed E-state index contributed by atoms with van der Waals surface area (Å²) in [7, 11) is 0. The lowest BCUT2D eigenvalue weighted by atomic mass is 9.78. The molecule has 0 radical (unpaired) electrons. The molecule has 0 bridgehead atoms. The van der Waals surface area contributed by atoms with E-state index in [0.29, 0.717) is 19.5 Å². The molecular formula is C25H28N4O4. The van der Waals surface area contributed by atoms with E-state index in [1.807, 2.05) is 24.3 Å². The van der Waals surface area contributed by atoms with E-state index in [-0.39, 0.29) is 18.7 Å². The van der Waals surface area contributed by atoms with Gasteiger partial charge < -0.3 is 14.8 Å². The maximum atomic E-state index is 13.4. The van der Waals surface area contributed by atoms with Crippen LogP contribution in [0.5, 0.6) is 11.5 Å². The number of hydrogen-bond donors (Lipinski definition) is 1. The van der Waals surface area contributed by atoms with Gasteiger partial charge in [-0.15, -0.1) is 0 Å². The largest absolute Gasteiger partial charge is 0.454 e. The highest BCUT2D eigenvalue weighted by molar-refractivity contribution is 6.07. The topological polar surface area (TPSA) is 74.4 Å². The zero-order valence-corrected chi connectivity index (χ0v) is 18.6. The highest BCUT2D eigenvalue weighted by Crippen LogP contribution is 2.34. The normalized spacial score (nSPS) is 24.9. The molecule has 8 heteroatoms. The van der Waals surface area contributed by atoms with Crippen LogP contribution < -0.4 is 14.8 Å². The smallest absolute Gasteiger partial charge is 0.326 e. The Kier molecular flexibility index (Phi) is 4.99. The van der Waals surface area contributed by atoms with E-state index < -0.39 is 5.54 Å². The van der Waals surface area contributed by atoms with Crippen LogP contribution in [0, 0.1) is 0 Å².